The molecule has 6 N–H and O–H groups in total. The van der Waals surface area contributed by atoms with Gasteiger partial charge in [-0.2, -0.15) is 45.1 Å². The maximum Gasteiger partial charge on any atom is 0.275 e. The van der Waals surface area contributed by atoms with Crippen molar-refractivity contribution in [3.05, 3.63) is 301 Å². The third-order valence-corrected chi connectivity index (χ3v) is 18.6. The smallest absolute Gasteiger partial charge is 0.275 e. The Morgan fingerprint density at radius 1 is 0.696 bits per heavy atom. The number of hydrogen-bond acceptors (Lipinski definition) is 24. The number of carbonyl (C=O) groups is 6. The Labute approximate surface area is 693 Å². The van der Waals surface area contributed by atoms with E-state index in [2.05, 4.69) is 124 Å². The molecular formula is C80H71BrClIN18O12S2. The van der Waals surface area contributed by atoms with Crippen LogP contribution in [0, 0.1) is 21.8 Å². The van der Waals surface area contributed by atoms with Gasteiger partial charge in [0.1, 0.15) is 53.0 Å². The van der Waals surface area contributed by atoms with E-state index in [1.807, 2.05) is 79.5 Å². The van der Waals surface area contributed by atoms with Crippen molar-refractivity contribution in [2.75, 3.05) is 38.1 Å². The van der Waals surface area contributed by atoms with Gasteiger partial charge < -0.3 is 37.8 Å². The molecule has 1 saturated heterocycles. The number of nitrogens with zero attached hydrogens (tertiary/aromatic N) is 12. The van der Waals surface area contributed by atoms with Crippen LogP contribution in [-0.2, 0) is 4.79 Å². The van der Waals surface area contributed by atoms with Crippen molar-refractivity contribution in [3.63, 3.8) is 0 Å². The number of hydrazone groups is 4. The van der Waals surface area contributed by atoms with E-state index >= 15 is 0 Å². The van der Waals surface area contributed by atoms with E-state index in [1.165, 1.54) is 72.9 Å². The number of nitriles is 1. The summed E-state index contributed by atoms with van der Waals surface area (Å²) in [6.45, 7) is 4.44. The summed E-state index contributed by atoms with van der Waals surface area (Å²) in [5.41, 5.74) is 14.4. The number of aromatic nitrogens is 6. The Morgan fingerprint density at radius 3 is 1.95 bits per heavy atom. The van der Waals surface area contributed by atoms with Gasteiger partial charge >= 0.3 is 0 Å². The second-order valence-electron chi connectivity index (χ2n) is 23.0. The van der Waals surface area contributed by atoms with Crippen molar-refractivity contribution in [3.8, 4) is 17.6 Å². The molecule has 586 valence electrons. The van der Waals surface area contributed by atoms with E-state index < -0.39 is 17.7 Å². The number of methoxy groups -OCH3 is 2. The van der Waals surface area contributed by atoms with Crippen LogP contribution < -0.4 is 41.8 Å². The SMILES string of the molecule is CC(=O)n1cc(/C=C/C=N/NC(=O)CC#N)c2ccccc21.COc1ccc(C2NCCS2)cc1Br.COc1ccccc1C(=O)N/N=C/c1ccc(C)o1.CSc1nnc2n(/N=C/c3ccco3)cnn12.O=C(N/N=C/c1ccco1)c1cccc(I)c1.O=C(Nc1ccccc1C(=O)N/N=C/c1ccco1)c1ccccc1Cl. The van der Waals surface area contributed by atoms with Crippen LogP contribution in [0.5, 0.6) is 11.5 Å². The molecule has 0 bridgehead atoms. The van der Waals surface area contributed by atoms with E-state index in [0.717, 1.165) is 47.7 Å². The fourth-order valence-electron chi connectivity index (χ4n) is 9.83. The molecule has 0 spiro atoms. The standard InChI is InChI=1S/C19H14ClN3O3.C16H14N4O2.C14H14N2O3.C12H9IN2O2.C10H12BrNOS.C9H8N6OS/c20-16-9-3-1-7-14(16)18(24)22-17-10-4-2-8-15(17)19(25)23-21-12-13-6-5-11-26-13;1-12(21)20-11-13(14-6-2-3-7-15(14)20)5-4-10-18-19-16(22)8-9-17;1-10-7-8-11(19-10)9-15-16-14(17)12-5-3-4-6-13(12)18-2;13-10-4-1-3-9(7-10)12(16)15-14-8-11-5-2-6-17-11;1-13-9-3-2-7(6-8(9)11)10-12-4-5-14-10;1-17-9-13-12-8-14(6-11-15(8)9)10-5-7-3-2-4-16-7/h1-12H,(H,22,24)(H,23,25);2-7,10-11H,8H2,1H3,(H,19,22);3-9H,1-2H3,(H,16,17);1-8H,(H,15,16);2-3,6,10,12H,4-5H2,1H3;2-6H,1H3/b21-12+;5-4+,18-10+;15-9+;14-8+;;10-5+. The van der Waals surface area contributed by atoms with Crippen LogP contribution in [0.4, 0.5) is 5.69 Å². The van der Waals surface area contributed by atoms with Gasteiger partial charge in [0.2, 0.25) is 11.1 Å². The van der Waals surface area contributed by atoms with Crippen molar-refractivity contribution in [2.24, 2.45) is 25.5 Å². The molecule has 30 nitrogen and oxygen atoms in total. The number of thioether (sulfide) groups is 2. The van der Waals surface area contributed by atoms with Crippen molar-refractivity contribution in [1.29, 1.82) is 5.26 Å². The molecule has 0 saturated carbocycles. The number of nitrogens with one attached hydrogen (secondary N) is 6. The average Bonchev–Trinajstić information content (AvgIpc) is 1.65. The van der Waals surface area contributed by atoms with E-state index in [4.69, 9.17) is 44.0 Å². The monoisotopic (exact) mass is 1780 g/mol. The molecule has 35 heteroatoms. The lowest BCUT2D eigenvalue weighted by Crippen LogP contribution is -2.21. The predicted molar refractivity (Wildman–Crippen MR) is 454 cm³/mol. The third-order valence-electron chi connectivity index (χ3n) is 15.2. The van der Waals surface area contributed by atoms with Gasteiger partial charge in [-0.25, -0.2) is 21.7 Å². The number of para-hydroxylation sites is 3. The second-order valence-corrected chi connectivity index (χ2v) is 27.5. The quantitative estimate of drug-likeness (QED) is 0.0168. The van der Waals surface area contributed by atoms with Crippen molar-refractivity contribution < 1.29 is 55.9 Å². The minimum atomic E-state index is -0.470. The van der Waals surface area contributed by atoms with Crippen LogP contribution in [0.25, 0.3) is 22.8 Å². The predicted octanol–water partition coefficient (Wildman–Crippen LogP) is 15.2. The van der Waals surface area contributed by atoms with Gasteiger partial charge in [0.25, 0.3) is 35.3 Å². The average molecular weight is 1780 g/mol. The Morgan fingerprint density at radius 2 is 1.33 bits per heavy atom. The summed E-state index contributed by atoms with van der Waals surface area (Å²) in [5.74, 6) is 4.30. The van der Waals surface area contributed by atoms with E-state index in [-0.39, 0.29) is 29.7 Å². The molecular weight excluding hydrogens is 1710 g/mol. The van der Waals surface area contributed by atoms with Crippen molar-refractivity contribution in [1.82, 2.24) is 56.1 Å². The molecule has 13 aromatic rings. The first-order valence-electron chi connectivity index (χ1n) is 34.2. The normalized spacial score (nSPS) is 12.2. The Kier molecular flexibility index (Phi) is 34.0. The van der Waals surface area contributed by atoms with Crippen LogP contribution in [0.3, 0.4) is 0 Å². The molecule has 0 aliphatic carbocycles. The maximum atomic E-state index is 12.4. The molecule has 14 rings (SSSR count). The van der Waals surface area contributed by atoms with Gasteiger partial charge in [-0.05, 0) is 185 Å². The molecule has 1 aliphatic heterocycles. The fourth-order valence-corrected chi connectivity index (χ4v) is 12.6. The minimum Gasteiger partial charge on any atom is -0.496 e. The Bertz CT molecular complexity index is 5630. The van der Waals surface area contributed by atoms with Crippen LogP contribution in [0.2, 0.25) is 5.02 Å². The summed E-state index contributed by atoms with van der Waals surface area (Å²) in [6, 6.07) is 57.2. The number of ether oxygens (including phenoxy) is 2. The number of fused-ring (bicyclic) bond motifs is 2. The zero-order valence-electron chi connectivity index (χ0n) is 61.7. The number of aryl methyl sites for hydroxylation is 1. The van der Waals surface area contributed by atoms with Gasteiger partial charge in [-0.3, -0.25) is 33.3 Å². The first kappa shape index (κ1) is 85.9. The minimum absolute atomic E-state index is 0.0618. The molecule has 1 unspecified atom stereocenters. The number of benzene rings is 6. The molecule has 1 atom stereocenters. The summed E-state index contributed by atoms with van der Waals surface area (Å²) < 4.78 is 37.6. The maximum absolute atomic E-state index is 12.4. The van der Waals surface area contributed by atoms with Crippen LogP contribution in [0.15, 0.2) is 278 Å². The molecule has 7 aromatic heterocycles. The number of anilines is 1. The van der Waals surface area contributed by atoms with Crippen molar-refractivity contribution in [2.45, 2.75) is 30.8 Å². The highest BCUT2D eigenvalue weighted by Gasteiger charge is 2.19. The number of halogens is 3. The van der Waals surface area contributed by atoms with Gasteiger partial charge in [-0.15, -0.1) is 22.0 Å². The lowest BCUT2D eigenvalue weighted by atomic mass is 10.1. The number of rotatable bonds is 21. The zero-order valence-corrected chi connectivity index (χ0v) is 67.9. The van der Waals surface area contributed by atoms with Gasteiger partial charge in [0.05, 0.1) is 107 Å². The topological polar surface area (TPSA) is 384 Å². The zero-order chi connectivity index (χ0) is 81.7. The van der Waals surface area contributed by atoms with Crippen LogP contribution >= 0.6 is 73.6 Å². The summed E-state index contributed by atoms with van der Waals surface area (Å²) in [6.07, 6.45) is 20.4. The first-order valence-corrected chi connectivity index (χ1v) is 38.7. The number of allylic oxidation sites excluding steroid dienone is 1. The lowest BCUT2D eigenvalue weighted by Gasteiger charge is -2.11. The highest BCUT2D eigenvalue weighted by molar-refractivity contribution is 14.1. The van der Waals surface area contributed by atoms with E-state index in [1.54, 1.807) is 187 Å². The number of hydrogen-bond donors (Lipinski definition) is 6. The molecule has 1 fully saturated rings. The number of amides is 5. The summed E-state index contributed by atoms with van der Waals surface area (Å²) >= 11 is 15.1. The number of carbonyl (C=O) groups excluding carboxylic acids is 6. The summed E-state index contributed by atoms with van der Waals surface area (Å²) in [5, 5.41) is 48.4. The molecule has 5 amide bonds. The molecule has 115 heavy (non-hydrogen) atoms. The van der Waals surface area contributed by atoms with Gasteiger partial charge in [0, 0.05) is 51.7 Å². The molecule has 8 heterocycles. The molecule has 1 aliphatic rings. The van der Waals surface area contributed by atoms with Crippen LogP contribution in [-0.4, -0.2) is 128 Å². The summed E-state index contributed by atoms with van der Waals surface area (Å²) in [4.78, 5) is 70.9. The van der Waals surface area contributed by atoms with Crippen LogP contribution in [0.1, 0.15) is 105 Å². The Hall–Kier alpha value is -13.1. The first-order chi connectivity index (χ1) is 55.9. The van der Waals surface area contributed by atoms with E-state index in [0.29, 0.717) is 67.3 Å². The van der Waals surface area contributed by atoms with Gasteiger partial charge in [-0.1, -0.05) is 96.2 Å². The highest BCUT2D eigenvalue weighted by atomic mass is 127. The van der Waals surface area contributed by atoms with Gasteiger partial charge in [0.15, 0.2) is 0 Å². The largest absolute Gasteiger partial charge is 0.496 e. The van der Waals surface area contributed by atoms with Crippen molar-refractivity contribution >= 4 is 169 Å². The lowest BCUT2D eigenvalue weighted by molar-refractivity contribution is -0.120. The number of furan rings is 4. The molecule has 6 aromatic carbocycles. The fraction of sp³-hybridized carbons (Fsp3) is 0.113. The summed E-state index contributed by atoms with van der Waals surface area (Å²) in [7, 11) is 3.20. The highest BCUT2D eigenvalue weighted by Crippen LogP contribution is 2.35. The Balaban J connectivity index is 0.000000159. The molecule has 0 radical (unpaired) electrons. The van der Waals surface area contributed by atoms with E-state index in [9.17, 15) is 28.8 Å². The third kappa shape index (κ3) is 26.5. The second kappa shape index (κ2) is 45.5.